The van der Waals surface area contributed by atoms with Crippen molar-refractivity contribution >= 4 is 16.6 Å². The molecule has 0 amide bonds. The molecule has 2 aromatic rings. The zero-order valence-corrected chi connectivity index (χ0v) is 12.1. The van der Waals surface area contributed by atoms with Crippen molar-refractivity contribution in [1.82, 2.24) is 0 Å². The highest BCUT2D eigenvalue weighted by molar-refractivity contribution is 5.85. The summed E-state index contributed by atoms with van der Waals surface area (Å²) in [5, 5.41) is 2.40. The zero-order chi connectivity index (χ0) is 14.1. The smallest absolute Gasteiger partial charge is 0.133 e. The largest absolute Gasteiger partial charge is 0.497 e. The van der Waals surface area contributed by atoms with E-state index in [1.54, 1.807) is 7.11 Å². The molecule has 0 saturated heterocycles. The monoisotopic (exact) mass is 268 g/mol. The second kappa shape index (κ2) is 5.28. The van der Waals surface area contributed by atoms with Crippen LogP contribution in [0, 0.1) is 5.92 Å². The van der Waals surface area contributed by atoms with Gasteiger partial charge in [0.1, 0.15) is 11.5 Å². The topological polar surface area (TPSA) is 26.3 Å². The summed E-state index contributed by atoms with van der Waals surface area (Å²) in [6.45, 7) is 2.18. The van der Waals surface area contributed by atoms with Crippen LogP contribution in [-0.2, 0) is 4.79 Å². The van der Waals surface area contributed by atoms with E-state index in [0.29, 0.717) is 24.0 Å². The van der Waals surface area contributed by atoms with Crippen LogP contribution in [-0.4, -0.2) is 12.9 Å². The maximum Gasteiger partial charge on any atom is 0.133 e. The molecule has 20 heavy (non-hydrogen) atoms. The lowest BCUT2D eigenvalue weighted by molar-refractivity contribution is -0.121. The van der Waals surface area contributed by atoms with Gasteiger partial charge < -0.3 is 4.74 Å². The molecule has 1 aliphatic carbocycles. The van der Waals surface area contributed by atoms with Gasteiger partial charge in [0.2, 0.25) is 0 Å². The molecule has 2 aromatic carbocycles. The van der Waals surface area contributed by atoms with E-state index in [2.05, 4.69) is 31.2 Å². The SMILES string of the molecule is COc1ccc2cc(C3CC(=O)CC(C)C3)ccc2c1. The van der Waals surface area contributed by atoms with Gasteiger partial charge in [-0.15, -0.1) is 0 Å². The van der Waals surface area contributed by atoms with E-state index in [4.69, 9.17) is 4.74 Å². The highest BCUT2D eigenvalue weighted by Gasteiger charge is 2.25. The Morgan fingerprint density at radius 1 is 1.05 bits per heavy atom. The number of hydrogen-bond donors (Lipinski definition) is 0. The number of rotatable bonds is 2. The molecule has 0 aliphatic heterocycles. The summed E-state index contributed by atoms with van der Waals surface area (Å²) >= 11 is 0. The van der Waals surface area contributed by atoms with Gasteiger partial charge in [0.25, 0.3) is 0 Å². The maximum absolute atomic E-state index is 11.8. The van der Waals surface area contributed by atoms with Crippen LogP contribution < -0.4 is 4.74 Å². The van der Waals surface area contributed by atoms with E-state index >= 15 is 0 Å². The molecule has 104 valence electrons. The van der Waals surface area contributed by atoms with Gasteiger partial charge >= 0.3 is 0 Å². The van der Waals surface area contributed by atoms with Crippen molar-refractivity contribution in [3.05, 3.63) is 42.0 Å². The highest BCUT2D eigenvalue weighted by atomic mass is 16.5. The number of ketones is 1. The summed E-state index contributed by atoms with van der Waals surface area (Å²) in [6, 6.07) is 12.7. The second-order valence-electron chi connectivity index (χ2n) is 5.96. The Morgan fingerprint density at radius 2 is 1.80 bits per heavy atom. The minimum Gasteiger partial charge on any atom is -0.497 e. The maximum atomic E-state index is 11.8. The molecule has 2 nitrogen and oxygen atoms in total. The molecule has 2 atom stereocenters. The van der Waals surface area contributed by atoms with Crippen LogP contribution in [0.15, 0.2) is 36.4 Å². The molecule has 0 aromatic heterocycles. The summed E-state index contributed by atoms with van der Waals surface area (Å²) in [5.41, 5.74) is 1.29. The quantitative estimate of drug-likeness (QED) is 0.810. The average molecular weight is 268 g/mol. The van der Waals surface area contributed by atoms with E-state index in [1.807, 2.05) is 12.1 Å². The van der Waals surface area contributed by atoms with E-state index in [0.717, 1.165) is 18.6 Å². The third kappa shape index (κ3) is 2.55. The van der Waals surface area contributed by atoms with E-state index < -0.39 is 0 Å². The van der Waals surface area contributed by atoms with Crippen molar-refractivity contribution < 1.29 is 9.53 Å². The number of Topliss-reactive ketones (excluding diaryl/α,β-unsaturated/α-hetero) is 1. The van der Waals surface area contributed by atoms with Crippen LogP contribution in [0.4, 0.5) is 0 Å². The average Bonchev–Trinajstić information content (AvgIpc) is 2.45. The van der Waals surface area contributed by atoms with Gasteiger partial charge in [-0.3, -0.25) is 4.79 Å². The molecular weight excluding hydrogens is 248 g/mol. The Balaban J connectivity index is 1.94. The minimum absolute atomic E-state index is 0.387. The van der Waals surface area contributed by atoms with Crippen LogP contribution in [0.3, 0.4) is 0 Å². The van der Waals surface area contributed by atoms with Crippen molar-refractivity contribution in [3.63, 3.8) is 0 Å². The third-order valence-corrected chi connectivity index (χ3v) is 4.28. The summed E-state index contributed by atoms with van der Waals surface area (Å²) in [6.07, 6.45) is 2.57. The first-order chi connectivity index (χ1) is 9.65. The number of benzene rings is 2. The Hall–Kier alpha value is -1.83. The Kier molecular flexibility index (Phi) is 3.47. The molecule has 3 rings (SSSR count). The van der Waals surface area contributed by atoms with Crippen molar-refractivity contribution in [2.24, 2.45) is 5.92 Å². The van der Waals surface area contributed by atoms with Crippen molar-refractivity contribution in [2.75, 3.05) is 7.11 Å². The molecule has 2 heteroatoms. The summed E-state index contributed by atoms with van der Waals surface area (Å²) in [4.78, 5) is 11.8. The van der Waals surface area contributed by atoms with Crippen molar-refractivity contribution in [1.29, 1.82) is 0 Å². The van der Waals surface area contributed by atoms with E-state index in [9.17, 15) is 4.79 Å². The molecule has 0 N–H and O–H groups in total. The van der Waals surface area contributed by atoms with Gasteiger partial charge in [0.15, 0.2) is 0 Å². The first-order valence-electron chi connectivity index (χ1n) is 7.25. The molecule has 2 unspecified atom stereocenters. The molecule has 1 saturated carbocycles. The van der Waals surface area contributed by atoms with Gasteiger partial charge in [-0.2, -0.15) is 0 Å². The number of ether oxygens (including phenoxy) is 1. The molecule has 1 aliphatic rings. The van der Waals surface area contributed by atoms with Crippen LogP contribution in [0.25, 0.3) is 10.8 Å². The third-order valence-electron chi connectivity index (χ3n) is 4.28. The van der Waals surface area contributed by atoms with Crippen LogP contribution >= 0.6 is 0 Å². The summed E-state index contributed by atoms with van der Waals surface area (Å²) in [5.74, 6) is 2.18. The van der Waals surface area contributed by atoms with Crippen molar-refractivity contribution in [3.8, 4) is 5.75 Å². The Bertz CT molecular complexity index is 645. The number of hydrogen-bond acceptors (Lipinski definition) is 2. The van der Waals surface area contributed by atoms with Crippen LogP contribution in [0.2, 0.25) is 0 Å². The summed E-state index contributed by atoms with van der Waals surface area (Å²) in [7, 11) is 1.69. The summed E-state index contributed by atoms with van der Waals surface area (Å²) < 4.78 is 5.25. The lowest BCUT2D eigenvalue weighted by Crippen LogP contribution is -2.19. The van der Waals surface area contributed by atoms with Crippen LogP contribution in [0.1, 0.15) is 37.7 Å². The molecular formula is C18H20O2. The molecule has 1 fully saturated rings. The standard InChI is InChI=1S/C18H20O2/c1-12-7-16(10-17(19)8-12)14-3-4-15-11-18(20-2)6-5-13(15)9-14/h3-6,9,11-12,16H,7-8,10H2,1-2H3. The van der Waals surface area contributed by atoms with Crippen molar-refractivity contribution in [2.45, 2.75) is 32.1 Å². The lowest BCUT2D eigenvalue weighted by Gasteiger charge is -2.26. The minimum atomic E-state index is 0.387. The molecule has 0 heterocycles. The van der Waals surface area contributed by atoms with Crippen LogP contribution in [0.5, 0.6) is 5.75 Å². The highest BCUT2D eigenvalue weighted by Crippen LogP contribution is 2.35. The first kappa shape index (κ1) is 13.2. The molecule has 0 radical (unpaired) electrons. The Morgan fingerprint density at radius 3 is 2.55 bits per heavy atom. The fourth-order valence-electron chi connectivity index (χ4n) is 3.28. The fourth-order valence-corrected chi connectivity index (χ4v) is 3.28. The molecule has 0 spiro atoms. The normalized spacial score (nSPS) is 23.0. The van der Waals surface area contributed by atoms with E-state index in [-0.39, 0.29) is 0 Å². The second-order valence-corrected chi connectivity index (χ2v) is 5.96. The number of carbonyl (C=O) groups excluding carboxylic acids is 1. The zero-order valence-electron chi connectivity index (χ0n) is 12.1. The van der Waals surface area contributed by atoms with E-state index in [1.165, 1.54) is 16.3 Å². The first-order valence-corrected chi connectivity index (χ1v) is 7.25. The number of carbonyl (C=O) groups is 1. The van der Waals surface area contributed by atoms with Gasteiger partial charge in [-0.05, 0) is 46.7 Å². The van der Waals surface area contributed by atoms with Gasteiger partial charge in [-0.1, -0.05) is 31.2 Å². The number of methoxy groups -OCH3 is 1. The Labute approximate surface area is 119 Å². The fraction of sp³-hybridized carbons (Fsp3) is 0.389. The number of fused-ring (bicyclic) bond motifs is 1. The van der Waals surface area contributed by atoms with Gasteiger partial charge in [0, 0.05) is 12.8 Å². The predicted molar refractivity (Wildman–Crippen MR) is 81.3 cm³/mol. The lowest BCUT2D eigenvalue weighted by atomic mass is 9.78. The predicted octanol–water partition coefficient (Wildman–Crippen LogP) is 4.32. The molecule has 0 bridgehead atoms. The van der Waals surface area contributed by atoms with Gasteiger partial charge in [-0.25, -0.2) is 0 Å². The van der Waals surface area contributed by atoms with Gasteiger partial charge in [0.05, 0.1) is 7.11 Å².